The van der Waals surface area contributed by atoms with Crippen molar-refractivity contribution in [2.75, 3.05) is 26.4 Å². The van der Waals surface area contributed by atoms with E-state index < -0.39 is 0 Å². The van der Waals surface area contributed by atoms with E-state index in [9.17, 15) is 0 Å². The number of hydrogen-bond donors (Lipinski definition) is 1. The molecule has 2 rings (SSSR count). The lowest BCUT2D eigenvalue weighted by atomic mass is 9.95. The van der Waals surface area contributed by atoms with Crippen molar-refractivity contribution in [3.05, 3.63) is 0 Å². The third-order valence-corrected chi connectivity index (χ3v) is 4.01. The van der Waals surface area contributed by atoms with E-state index in [-0.39, 0.29) is 0 Å². The molecule has 2 atom stereocenters. The second-order valence-electron chi connectivity index (χ2n) is 6.20. The highest BCUT2D eigenvalue weighted by molar-refractivity contribution is 4.78. The van der Waals surface area contributed by atoms with Crippen LogP contribution in [0.3, 0.4) is 0 Å². The Morgan fingerprint density at radius 1 is 1.28 bits per heavy atom. The molecule has 1 saturated carbocycles. The molecule has 18 heavy (non-hydrogen) atoms. The van der Waals surface area contributed by atoms with Gasteiger partial charge in [-0.2, -0.15) is 0 Å². The lowest BCUT2D eigenvalue weighted by Gasteiger charge is -2.32. The number of hydrogen-bond acceptors (Lipinski definition) is 3. The summed E-state index contributed by atoms with van der Waals surface area (Å²) in [6.07, 6.45) is 6.68. The summed E-state index contributed by atoms with van der Waals surface area (Å²) in [6, 6.07) is 0.648. The first-order chi connectivity index (χ1) is 8.75. The predicted molar refractivity (Wildman–Crippen MR) is 73.8 cm³/mol. The highest BCUT2D eigenvalue weighted by Crippen LogP contribution is 2.28. The highest BCUT2D eigenvalue weighted by Gasteiger charge is 2.24. The number of ether oxygens (including phenoxy) is 2. The molecular formula is C15H29NO2. The zero-order valence-electron chi connectivity index (χ0n) is 12.0. The molecule has 1 aliphatic carbocycles. The van der Waals surface area contributed by atoms with Gasteiger partial charge in [0.1, 0.15) is 0 Å². The Bertz CT molecular complexity index is 229. The molecule has 0 aromatic heterocycles. The van der Waals surface area contributed by atoms with Crippen molar-refractivity contribution in [2.24, 2.45) is 11.8 Å². The van der Waals surface area contributed by atoms with Crippen LogP contribution < -0.4 is 5.32 Å². The molecule has 0 bridgehead atoms. The van der Waals surface area contributed by atoms with Gasteiger partial charge in [-0.3, -0.25) is 0 Å². The lowest BCUT2D eigenvalue weighted by Crippen LogP contribution is -2.41. The Hall–Kier alpha value is -0.120. The highest BCUT2D eigenvalue weighted by atomic mass is 16.5. The van der Waals surface area contributed by atoms with Crippen molar-refractivity contribution < 1.29 is 9.47 Å². The average molecular weight is 255 g/mol. The molecule has 2 fully saturated rings. The second-order valence-corrected chi connectivity index (χ2v) is 6.20. The quantitative estimate of drug-likeness (QED) is 0.676. The van der Waals surface area contributed by atoms with E-state index in [2.05, 4.69) is 19.2 Å². The van der Waals surface area contributed by atoms with Crippen LogP contribution in [0.2, 0.25) is 0 Å². The van der Waals surface area contributed by atoms with Crippen LogP contribution in [0.5, 0.6) is 0 Å². The molecule has 106 valence electrons. The summed E-state index contributed by atoms with van der Waals surface area (Å²) < 4.78 is 11.4. The summed E-state index contributed by atoms with van der Waals surface area (Å²) in [5.74, 6) is 1.52. The van der Waals surface area contributed by atoms with Crippen molar-refractivity contribution in [2.45, 2.75) is 58.1 Å². The van der Waals surface area contributed by atoms with Gasteiger partial charge in [-0.05, 0) is 50.5 Å². The SMILES string of the molecule is CC(C)C1CC(NCCCOCC2CC2)CCO1. The van der Waals surface area contributed by atoms with Crippen LogP contribution in [0.4, 0.5) is 0 Å². The Labute approximate surface area is 112 Å². The first kappa shape index (κ1) is 14.3. The number of nitrogens with one attached hydrogen (secondary N) is 1. The van der Waals surface area contributed by atoms with Crippen molar-refractivity contribution in [3.8, 4) is 0 Å². The lowest BCUT2D eigenvalue weighted by molar-refractivity contribution is -0.0245. The molecular weight excluding hydrogens is 226 g/mol. The average Bonchev–Trinajstić information content (AvgIpc) is 3.18. The number of rotatable bonds is 8. The maximum Gasteiger partial charge on any atom is 0.0612 e. The van der Waals surface area contributed by atoms with E-state index in [0.717, 1.165) is 45.1 Å². The molecule has 0 spiro atoms. The van der Waals surface area contributed by atoms with Gasteiger partial charge in [0.25, 0.3) is 0 Å². The van der Waals surface area contributed by atoms with Gasteiger partial charge in [0.2, 0.25) is 0 Å². The predicted octanol–water partition coefficient (Wildman–Crippen LogP) is 2.60. The minimum Gasteiger partial charge on any atom is -0.381 e. The van der Waals surface area contributed by atoms with Crippen molar-refractivity contribution >= 4 is 0 Å². The third-order valence-electron chi connectivity index (χ3n) is 4.01. The second kappa shape index (κ2) is 7.46. The van der Waals surface area contributed by atoms with Crippen molar-refractivity contribution in [1.29, 1.82) is 0 Å². The Morgan fingerprint density at radius 3 is 2.83 bits per heavy atom. The van der Waals surface area contributed by atoms with E-state index in [0.29, 0.717) is 18.1 Å². The molecule has 0 radical (unpaired) electrons. The van der Waals surface area contributed by atoms with E-state index in [1.54, 1.807) is 0 Å². The van der Waals surface area contributed by atoms with Gasteiger partial charge in [0.05, 0.1) is 6.10 Å². The van der Waals surface area contributed by atoms with Crippen LogP contribution in [-0.4, -0.2) is 38.5 Å². The normalized spacial score (nSPS) is 28.8. The van der Waals surface area contributed by atoms with Gasteiger partial charge in [-0.1, -0.05) is 13.8 Å². The minimum absolute atomic E-state index is 0.447. The molecule has 2 unspecified atom stereocenters. The first-order valence-electron chi connectivity index (χ1n) is 7.68. The van der Waals surface area contributed by atoms with Crippen LogP contribution in [0, 0.1) is 11.8 Å². The van der Waals surface area contributed by atoms with Crippen LogP contribution in [0.25, 0.3) is 0 Å². The zero-order chi connectivity index (χ0) is 12.8. The topological polar surface area (TPSA) is 30.5 Å². The van der Waals surface area contributed by atoms with Gasteiger partial charge in [-0.25, -0.2) is 0 Å². The summed E-state index contributed by atoms with van der Waals surface area (Å²) in [5, 5.41) is 3.65. The Morgan fingerprint density at radius 2 is 2.11 bits per heavy atom. The summed E-state index contributed by atoms with van der Waals surface area (Å²) in [5.41, 5.74) is 0. The fraction of sp³-hybridized carbons (Fsp3) is 1.00. The van der Waals surface area contributed by atoms with E-state index >= 15 is 0 Å². The van der Waals surface area contributed by atoms with E-state index in [1.807, 2.05) is 0 Å². The van der Waals surface area contributed by atoms with Gasteiger partial charge in [0.15, 0.2) is 0 Å². The van der Waals surface area contributed by atoms with E-state index in [1.165, 1.54) is 19.3 Å². The maximum absolute atomic E-state index is 5.78. The molecule has 1 aliphatic heterocycles. The molecule has 1 heterocycles. The van der Waals surface area contributed by atoms with Gasteiger partial charge in [0, 0.05) is 25.9 Å². The Kier molecular flexibility index (Phi) is 5.93. The molecule has 1 saturated heterocycles. The fourth-order valence-corrected chi connectivity index (χ4v) is 2.49. The van der Waals surface area contributed by atoms with Gasteiger partial charge >= 0.3 is 0 Å². The standard InChI is InChI=1S/C15H29NO2/c1-12(2)15-10-14(6-9-18-15)16-7-3-8-17-11-13-4-5-13/h12-16H,3-11H2,1-2H3. The summed E-state index contributed by atoms with van der Waals surface area (Å²) in [4.78, 5) is 0. The molecule has 3 nitrogen and oxygen atoms in total. The largest absolute Gasteiger partial charge is 0.381 e. The van der Waals surface area contributed by atoms with Crippen molar-refractivity contribution in [1.82, 2.24) is 5.32 Å². The van der Waals surface area contributed by atoms with Gasteiger partial charge in [-0.15, -0.1) is 0 Å². The molecule has 0 aromatic carbocycles. The van der Waals surface area contributed by atoms with Crippen LogP contribution in [-0.2, 0) is 9.47 Å². The van der Waals surface area contributed by atoms with Crippen LogP contribution in [0.1, 0.15) is 46.0 Å². The monoisotopic (exact) mass is 255 g/mol. The maximum atomic E-state index is 5.78. The molecule has 0 amide bonds. The Balaban J connectivity index is 1.47. The molecule has 2 aliphatic rings. The van der Waals surface area contributed by atoms with E-state index in [4.69, 9.17) is 9.47 Å². The zero-order valence-corrected chi connectivity index (χ0v) is 12.0. The first-order valence-corrected chi connectivity index (χ1v) is 7.68. The summed E-state index contributed by atoms with van der Waals surface area (Å²) in [6.45, 7) is 8.41. The smallest absolute Gasteiger partial charge is 0.0612 e. The fourth-order valence-electron chi connectivity index (χ4n) is 2.49. The molecule has 1 N–H and O–H groups in total. The third kappa shape index (κ3) is 5.25. The summed E-state index contributed by atoms with van der Waals surface area (Å²) >= 11 is 0. The molecule has 3 heteroatoms. The minimum atomic E-state index is 0.447. The van der Waals surface area contributed by atoms with Crippen LogP contribution in [0.15, 0.2) is 0 Å². The molecule has 0 aromatic rings. The van der Waals surface area contributed by atoms with Gasteiger partial charge < -0.3 is 14.8 Å². The van der Waals surface area contributed by atoms with Crippen LogP contribution >= 0.6 is 0 Å². The summed E-state index contributed by atoms with van der Waals surface area (Å²) in [7, 11) is 0. The van der Waals surface area contributed by atoms with Crippen molar-refractivity contribution in [3.63, 3.8) is 0 Å².